The molecule has 0 radical (unpaired) electrons. The largest absolute Gasteiger partial charge is 0.497 e. The number of hydrogen-bond acceptors (Lipinski definition) is 7. The summed E-state index contributed by atoms with van der Waals surface area (Å²) >= 11 is 1.63. The van der Waals surface area contributed by atoms with Crippen LogP contribution in [-0.2, 0) is 6.54 Å². The third-order valence-corrected chi connectivity index (χ3v) is 5.45. The van der Waals surface area contributed by atoms with Crippen molar-refractivity contribution >= 4 is 23.2 Å². The molecule has 0 saturated carbocycles. The summed E-state index contributed by atoms with van der Waals surface area (Å²) in [5.41, 5.74) is 0.781. The Hall–Kier alpha value is -3.65. The number of para-hydroxylation sites is 1. The molecule has 0 saturated heterocycles. The van der Waals surface area contributed by atoms with Gasteiger partial charge in [0.25, 0.3) is 5.91 Å². The highest BCUT2D eigenvalue weighted by molar-refractivity contribution is 7.09. The fourth-order valence-corrected chi connectivity index (χ4v) is 3.59. The molecule has 31 heavy (non-hydrogen) atoms. The van der Waals surface area contributed by atoms with E-state index in [4.69, 9.17) is 9.47 Å². The zero-order valence-electron chi connectivity index (χ0n) is 17.2. The molecule has 8 heteroatoms. The van der Waals surface area contributed by atoms with Crippen LogP contribution in [0.5, 0.6) is 11.5 Å². The summed E-state index contributed by atoms with van der Waals surface area (Å²) in [7, 11) is 1.61. The van der Waals surface area contributed by atoms with E-state index in [9.17, 15) is 4.79 Å². The summed E-state index contributed by atoms with van der Waals surface area (Å²) in [5.74, 6) is 1.85. The summed E-state index contributed by atoms with van der Waals surface area (Å²) in [4.78, 5) is 18.9. The zero-order chi connectivity index (χ0) is 21.6. The zero-order valence-corrected chi connectivity index (χ0v) is 18.0. The molecule has 4 rings (SSSR count). The molecule has 0 spiro atoms. The van der Waals surface area contributed by atoms with Gasteiger partial charge < -0.3 is 14.8 Å². The average molecular weight is 435 g/mol. The lowest BCUT2D eigenvalue weighted by Crippen LogP contribution is -2.31. The first-order chi connectivity index (χ1) is 15.1. The third kappa shape index (κ3) is 4.92. The van der Waals surface area contributed by atoms with Crippen molar-refractivity contribution in [2.45, 2.75) is 19.6 Å². The third-order valence-electron chi connectivity index (χ3n) is 4.57. The number of hydrogen-bond donors (Lipinski definition) is 1. The monoisotopic (exact) mass is 434 g/mol. The van der Waals surface area contributed by atoms with Crippen molar-refractivity contribution in [3.05, 3.63) is 77.0 Å². The molecule has 4 aromatic rings. The van der Waals surface area contributed by atoms with Gasteiger partial charge in [0.1, 0.15) is 11.5 Å². The second-order valence-electron chi connectivity index (χ2n) is 6.74. The first-order valence-corrected chi connectivity index (χ1v) is 10.7. The van der Waals surface area contributed by atoms with E-state index in [1.807, 2.05) is 72.1 Å². The number of aromatic nitrogens is 3. The van der Waals surface area contributed by atoms with E-state index in [-0.39, 0.29) is 5.91 Å². The molecule has 0 aliphatic rings. The molecule has 2 heterocycles. The van der Waals surface area contributed by atoms with Gasteiger partial charge in [0.05, 0.1) is 13.7 Å². The van der Waals surface area contributed by atoms with Gasteiger partial charge in [-0.05, 0) is 54.8 Å². The number of nitrogens with zero attached hydrogens (tertiary/aromatic N) is 3. The lowest BCUT2D eigenvalue weighted by molar-refractivity contribution is 0.0713. The number of methoxy groups -OCH3 is 1. The van der Waals surface area contributed by atoms with Gasteiger partial charge in [0.15, 0.2) is 11.9 Å². The predicted octanol–water partition coefficient (Wildman–Crippen LogP) is 4.74. The van der Waals surface area contributed by atoms with Crippen LogP contribution in [0.25, 0.3) is 11.4 Å². The number of nitrogens with one attached hydrogen (secondary N) is 1. The van der Waals surface area contributed by atoms with Crippen molar-refractivity contribution in [2.24, 2.45) is 0 Å². The van der Waals surface area contributed by atoms with E-state index in [1.165, 1.54) is 4.68 Å². The molecule has 158 valence electrons. The molecule has 1 unspecified atom stereocenters. The van der Waals surface area contributed by atoms with E-state index in [1.54, 1.807) is 25.4 Å². The Labute approximate surface area is 184 Å². The second kappa shape index (κ2) is 9.44. The van der Waals surface area contributed by atoms with E-state index < -0.39 is 6.10 Å². The molecule has 1 atom stereocenters. The minimum absolute atomic E-state index is 0.315. The molecule has 0 aliphatic heterocycles. The normalized spacial score (nSPS) is 11.7. The highest BCUT2D eigenvalue weighted by Crippen LogP contribution is 2.22. The van der Waals surface area contributed by atoms with Gasteiger partial charge in [-0.2, -0.15) is 9.67 Å². The predicted molar refractivity (Wildman–Crippen MR) is 121 cm³/mol. The van der Waals surface area contributed by atoms with Crippen molar-refractivity contribution in [3.8, 4) is 22.9 Å². The standard InChI is InChI=1S/C23H22N4O3S/c1-16(30-19-7-4-3-5-8-19)22(28)27-23(24-15-20-9-6-14-31-20)25-21(26-27)17-10-12-18(29-2)13-11-17/h3-14,16H,15H2,1-2H3,(H,24,25,26). The van der Waals surface area contributed by atoms with Crippen LogP contribution in [0.2, 0.25) is 0 Å². The summed E-state index contributed by atoms with van der Waals surface area (Å²) in [5, 5.41) is 9.71. The molecule has 0 amide bonds. The summed E-state index contributed by atoms with van der Waals surface area (Å²) in [6.07, 6.45) is -0.741. The molecule has 2 aromatic carbocycles. The molecular weight excluding hydrogens is 412 g/mol. The molecule has 0 bridgehead atoms. The van der Waals surface area contributed by atoms with Crippen LogP contribution < -0.4 is 14.8 Å². The fraction of sp³-hybridized carbons (Fsp3) is 0.174. The first kappa shape index (κ1) is 20.6. The highest BCUT2D eigenvalue weighted by atomic mass is 32.1. The Kier molecular flexibility index (Phi) is 6.28. The Morgan fingerprint density at radius 3 is 2.52 bits per heavy atom. The van der Waals surface area contributed by atoms with E-state index in [2.05, 4.69) is 15.4 Å². The lowest BCUT2D eigenvalue weighted by Gasteiger charge is -2.14. The van der Waals surface area contributed by atoms with Gasteiger partial charge in [-0.15, -0.1) is 16.4 Å². The van der Waals surface area contributed by atoms with E-state index in [0.717, 1.165) is 16.2 Å². The SMILES string of the molecule is COc1ccc(-c2nc(NCc3cccs3)n(C(=O)C(C)Oc3ccccc3)n2)cc1. The van der Waals surface area contributed by atoms with Gasteiger partial charge in [0.2, 0.25) is 5.95 Å². The number of carbonyl (C=O) groups is 1. The minimum atomic E-state index is -0.741. The topological polar surface area (TPSA) is 78.3 Å². The number of ether oxygens (including phenoxy) is 2. The van der Waals surface area contributed by atoms with Crippen LogP contribution in [0.3, 0.4) is 0 Å². The molecule has 2 aromatic heterocycles. The smallest absolute Gasteiger partial charge is 0.290 e. The van der Waals surface area contributed by atoms with Crippen molar-refractivity contribution in [2.75, 3.05) is 12.4 Å². The number of thiophene rings is 1. The molecule has 7 nitrogen and oxygen atoms in total. The van der Waals surface area contributed by atoms with Crippen molar-refractivity contribution in [3.63, 3.8) is 0 Å². The van der Waals surface area contributed by atoms with Crippen LogP contribution in [0.4, 0.5) is 5.95 Å². The van der Waals surface area contributed by atoms with Crippen molar-refractivity contribution in [1.82, 2.24) is 14.8 Å². The number of rotatable bonds is 8. The minimum Gasteiger partial charge on any atom is -0.497 e. The quantitative estimate of drug-likeness (QED) is 0.432. The van der Waals surface area contributed by atoms with Crippen LogP contribution >= 0.6 is 11.3 Å². The van der Waals surface area contributed by atoms with Gasteiger partial charge in [-0.3, -0.25) is 4.79 Å². The number of carbonyl (C=O) groups excluding carboxylic acids is 1. The summed E-state index contributed by atoms with van der Waals surface area (Å²) in [6.45, 7) is 2.24. The highest BCUT2D eigenvalue weighted by Gasteiger charge is 2.23. The Morgan fingerprint density at radius 1 is 1.06 bits per heavy atom. The molecule has 0 fully saturated rings. The van der Waals surface area contributed by atoms with Crippen LogP contribution in [0.1, 0.15) is 16.6 Å². The average Bonchev–Trinajstić information content (AvgIpc) is 3.48. The maximum Gasteiger partial charge on any atom is 0.290 e. The van der Waals surface area contributed by atoms with Gasteiger partial charge >= 0.3 is 0 Å². The van der Waals surface area contributed by atoms with Crippen molar-refractivity contribution < 1.29 is 14.3 Å². The van der Waals surface area contributed by atoms with E-state index in [0.29, 0.717) is 24.1 Å². The Bertz CT molecular complexity index is 1130. The van der Waals surface area contributed by atoms with Crippen LogP contribution in [-0.4, -0.2) is 33.9 Å². The van der Waals surface area contributed by atoms with Gasteiger partial charge in [-0.1, -0.05) is 24.3 Å². The maximum atomic E-state index is 13.2. The molecular formula is C23H22N4O3S. The number of benzene rings is 2. The Morgan fingerprint density at radius 2 is 1.84 bits per heavy atom. The molecule has 1 N–H and O–H groups in total. The number of anilines is 1. The summed E-state index contributed by atoms with van der Waals surface area (Å²) in [6, 6.07) is 20.6. The van der Waals surface area contributed by atoms with Crippen LogP contribution in [0.15, 0.2) is 72.1 Å². The fourth-order valence-electron chi connectivity index (χ4n) is 2.95. The first-order valence-electron chi connectivity index (χ1n) is 9.77. The van der Waals surface area contributed by atoms with Gasteiger partial charge in [0, 0.05) is 10.4 Å². The van der Waals surface area contributed by atoms with E-state index >= 15 is 0 Å². The van der Waals surface area contributed by atoms with Gasteiger partial charge in [-0.25, -0.2) is 0 Å². The molecule has 0 aliphatic carbocycles. The van der Waals surface area contributed by atoms with Crippen LogP contribution in [0, 0.1) is 0 Å². The Balaban J connectivity index is 1.61. The second-order valence-corrected chi connectivity index (χ2v) is 7.78. The lowest BCUT2D eigenvalue weighted by atomic mass is 10.2. The van der Waals surface area contributed by atoms with Crippen molar-refractivity contribution in [1.29, 1.82) is 0 Å². The summed E-state index contributed by atoms with van der Waals surface area (Å²) < 4.78 is 12.3. The maximum absolute atomic E-state index is 13.2.